The molecule has 0 saturated carbocycles. The van der Waals surface area contributed by atoms with Gasteiger partial charge >= 0.3 is 5.97 Å². The first kappa shape index (κ1) is 12.9. The molecule has 1 rings (SSSR count). The minimum absolute atomic E-state index is 0.0764. The number of nitrogens with one attached hydrogen (secondary N) is 2. The number of aromatic nitrogens is 3. The Labute approximate surface area is 96.0 Å². The van der Waals surface area contributed by atoms with Gasteiger partial charge in [0.1, 0.15) is 0 Å². The van der Waals surface area contributed by atoms with Gasteiger partial charge in [-0.15, -0.1) is 5.10 Å². The number of amides is 1. The fourth-order valence-corrected chi connectivity index (χ4v) is 1.12. The van der Waals surface area contributed by atoms with Crippen molar-refractivity contribution in [1.82, 2.24) is 20.5 Å². The van der Waals surface area contributed by atoms with Crippen molar-refractivity contribution in [2.75, 3.05) is 12.3 Å². The quantitative estimate of drug-likeness (QED) is 0.414. The van der Waals surface area contributed by atoms with Gasteiger partial charge in [0.15, 0.2) is 0 Å². The van der Waals surface area contributed by atoms with E-state index in [4.69, 9.17) is 10.8 Å². The SMILES string of the molecule is CC(O)(CNC(=O)c1nc(N)n[nH]1)CC(=O)O. The highest BCUT2D eigenvalue weighted by molar-refractivity contribution is 5.90. The first-order valence-corrected chi connectivity index (χ1v) is 4.70. The van der Waals surface area contributed by atoms with Gasteiger partial charge in [-0.2, -0.15) is 4.98 Å². The minimum Gasteiger partial charge on any atom is -0.481 e. The maximum absolute atomic E-state index is 11.4. The number of aliphatic carboxylic acids is 1. The second-order valence-electron chi connectivity index (χ2n) is 3.79. The number of nitrogens with zero attached hydrogens (tertiary/aromatic N) is 2. The molecule has 1 heterocycles. The van der Waals surface area contributed by atoms with Crippen LogP contribution in [0.1, 0.15) is 24.0 Å². The number of anilines is 1. The number of hydrogen-bond acceptors (Lipinski definition) is 6. The molecule has 0 bridgehead atoms. The number of nitrogen functional groups attached to an aromatic ring is 1. The van der Waals surface area contributed by atoms with Gasteiger partial charge in [0, 0.05) is 6.54 Å². The number of carbonyl (C=O) groups excluding carboxylic acids is 1. The van der Waals surface area contributed by atoms with E-state index in [-0.39, 0.29) is 18.3 Å². The summed E-state index contributed by atoms with van der Waals surface area (Å²) in [5, 5.41) is 26.2. The Morgan fingerprint density at radius 2 is 2.24 bits per heavy atom. The molecule has 1 unspecified atom stereocenters. The molecule has 0 aromatic carbocycles. The van der Waals surface area contributed by atoms with Crippen LogP contribution in [0.15, 0.2) is 0 Å². The molecule has 0 aliphatic carbocycles. The molecule has 0 radical (unpaired) electrons. The van der Waals surface area contributed by atoms with Crippen molar-refractivity contribution in [3.63, 3.8) is 0 Å². The van der Waals surface area contributed by atoms with Crippen molar-refractivity contribution in [3.05, 3.63) is 5.82 Å². The minimum atomic E-state index is -1.53. The number of aromatic amines is 1. The van der Waals surface area contributed by atoms with E-state index < -0.39 is 23.9 Å². The number of carboxylic acid groups (broad SMARTS) is 1. The summed E-state index contributed by atoms with van der Waals surface area (Å²) in [6.07, 6.45) is -0.480. The highest BCUT2D eigenvalue weighted by Crippen LogP contribution is 2.07. The number of rotatable bonds is 5. The molecule has 0 aliphatic rings. The van der Waals surface area contributed by atoms with E-state index >= 15 is 0 Å². The van der Waals surface area contributed by atoms with Crippen molar-refractivity contribution >= 4 is 17.8 Å². The summed E-state index contributed by atoms with van der Waals surface area (Å²) in [6.45, 7) is 1.08. The predicted octanol–water partition coefficient (Wildman–Crippen LogP) is -1.66. The zero-order valence-electron chi connectivity index (χ0n) is 9.10. The molecule has 1 amide bonds. The summed E-state index contributed by atoms with van der Waals surface area (Å²) in [7, 11) is 0. The largest absolute Gasteiger partial charge is 0.481 e. The fourth-order valence-electron chi connectivity index (χ4n) is 1.12. The Morgan fingerprint density at radius 3 is 2.71 bits per heavy atom. The van der Waals surface area contributed by atoms with Gasteiger partial charge in [-0.25, -0.2) is 0 Å². The summed E-state index contributed by atoms with van der Waals surface area (Å²) in [5.74, 6) is -1.96. The smallest absolute Gasteiger partial charge is 0.306 e. The number of nitrogens with two attached hydrogens (primary N) is 1. The van der Waals surface area contributed by atoms with Crippen LogP contribution in [-0.4, -0.2) is 49.4 Å². The number of carbonyl (C=O) groups is 2. The Morgan fingerprint density at radius 1 is 1.59 bits per heavy atom. The van der Waals surface area contributed by atoms with Gasteiger partial charge in [0.2, 0.25) is 11.8 Å². The Kier molecular flexibility index (Phi) is 3.63. The average Bonchev–Trinajstić information content (AvgIpc) is 2.59. The molecule has 94 valence electrons. The van der Waals surface area contributed by atoms with Crippen LogP contribution in [0.2, 0.25) is 0 Å². The first-order valence-electron chi connectivity index (χ1n) is 4.70. The van der Waals surface area contributed by atoms with Crippen LogP contribution in [0.5, 0.6) is 0 Å². The first-order chi connectivity index (χ1) is 7.80. The van der Waals surface area contributed by atoms with Crippen molar-refractivity contribution in [2.45, 2.75) is 18.9 Å². The Hall–Kier alpha value is -2.16. The normalized spacial score (nSPS) is 14.0. The van der Waals surface area contributed by atoms with Crippen LogP contribution in [0, 0.1) is 0 Å². The van der Waals surface area contributed by atoms with Gasteiger partial charge in [0.05, 0.1) is 12.0 Å². The highest BCUT2D eigenvalue weighted by atomic mass is 16.4. The van der Waals surface area contributed by atoms with Crippen molar-refractivity contribution in [3.8, 4) is 0 Å². The number of hydrogen-bond donors (Lipinski definition) is 5. The maximum atomic E-state index is 11.4. The summed E-state index contributed by atoms with van der Waals surface area (Å²) >= 11 is 0. The number of H-pyrrole nitrogens is 1. The topological polar surface area (TPSA) is 154 Å². The zero-order chi connectivity index (χ0) is 13.1. The monoisotopic (exact) mass is 243 g/mol. The van der Waals surface area contributed by atoms with Crippen LogP contribution in [-0.2, 0) is 4.79 Å². The van der Waals surface area contributed by atoms with Crippen LogP contribution >= 0.6 is 0 Å². The number of aliphatic hydroxyl groups is 1. The lowest BCUT2D eigenvalue weighted by molar-refractivity contribution is -0.141. The molecule has 9 nitrogen and oxygen atoms in total. The lowest BCUT2D eigenvalue weighted by Gasteiger charge is -2.20. The van der Waals surface area contributed by atoms with E-state index in [0.29, 0.717) is 0 Å². The Balaban J connectivity index is 2.51. The van der Waals surface area contributed by atoms with E-state index in [1.54, 1.807) is 0 Å². The second kappa shape index (κ2) is 4.78. The molecule has 0 saturated heterocycles. The molecule has 17 heavy (non-hydrogen) atoms. The van der Waals surface area contributed by atoms with Gasteiger partial charge < -0.3 is 21.3 Å². The lowest BCUT2D eigenvalue weighted by Crippen LogP contribution is -2.42. The molecule has 0 aliphatic heterocycles. The van der Waals surface area contributed by atoms with Crippen molar-refractivity contribution in [2.24, 2.45) is 0 Å². The number of carboxylic acids is 1. The summed E-state index contributed by atoms with van der Waals surface area (Å²) in [4.78, 5) is 25.4. The summed E-state index contributed by atoms with van der Waals surface area (Å²) in [6, 6.07) is 0. The second-order valence-corrected chi connectivity index (χ2v) is 3.79. The van der Waals surface area contributed by atoms with E-state index in [9.17, 15) is 14.7 Å². The third kappa shape index (κ3) is 4.07. The molecule has 1 aromatic rings. The molecular weight excluding hydrogens is 230 g/mol. The van der Waals surface area contributed by atoms with E-state index in [1.165, 1.54) is 6.92 Å². The fraction of sp³-hybridized carbons (Fsp3) is 0.500. The van der Waals surface area contributed by atoms with Crippen molar-refractivity contribution in [1.29, 1.82) is 0 Å². The van der Waals surface area contributed by atoms with Gasteiger partial charge in [-0.1, -0.05) is 0 Å². The van der Waals surface area contributed by atoms with Gasteiger partial charge in [-0.05, 0) is 6.92 Å². The Bertz CT molecular complexity index is 427. The standard InChI is InChI=1S/C8H13N5O4/c1-8(17,2-4(14)15)3-10-6(16)5-11-7(9)13-12-5/h17H,2-3H2,1H3,(H,10,16)(H,14,15)(H3,9,11,12,13). The third-order valence-electron chi connectivity index (χ3n) is 1.88. The summed E-state index contributed by atoms with van der Waals surface area (Å²) in [5.41, 5.74) is 3.67. The van der Waals surface area contributed by atoms with E-state index in [0.717, 1.165) is 0 Å². The molecule has 1 aromatic heterocycles. The maximum Gasteiger partial charge on any atom is 0.306 e. The molecule has 9 heteroatoms. The molecule has 0 fully saturated rings. The van der Waals surface area contributed by atoms with Crippen molar-refractivity contribution < 1.29 is 19.8 Å². The third-order valence-corrected chi connectivity index (χ3v) is 1.88. The van der Waals surface area contributed by atoms with Gasteiger partial charge in [0.25, 0.3) is 5.91 Å². The molecular formula is C8H13N5O4. The summed E-state index contributed by atoms with van der Waals surface area (Å²) < 4.78 is 0. The van der Waals surface area contributed by atoms with Crippen LogP contribution < -0.4 is 11.1 Å². The molecule has 6 N–H and O–H groups in total. The average molecular weight is 243 g/mol. The van der Waals surface area contributed by atoms with Crippen LogP contribution in [0.3, 0.4) is 0 Å². The highest BCUT2D eigenvalue weighted by Gasteiger charge is 2.25. The van der Waals surface area contributed by atoms with Crippen LogP contribution in [0.25, 0.3) is 0 Å². The molecule has 0 spiro atoms. The predicted molar refractivity (Wildman–Crippen MR) is 56.0 cm³/mol. The lowest BCUT2D eigenvalue weighted by atomic mass is 10.0. The van der Waals surface area contributed by atoms with Gasteiger partial charge in [-0.3, -0.25) is 14.7 Å². The van der Waals surface area contributed by atoms with E-state index in [2.05, 4.69) is 20.5 Å². The zero-order valence-corrected chi connectivity index (χ0v) is 9.10. The van der Waals surface area contributed by atoms with E-state index in [1.807, 2.05) is 0 Å². The molecule has 1 atom stereocenters. The van der Waals surface area contributed by atoms with Crippen LogP contribution in [0.4, 0.5) is 5.95 Å².